The van der Waals surface area contributed by atoms with Crippen molar-refractivity contribution in [1.82, 2.24) is 4.90 Å². The van der Waals surface area contributed by atoms with Crippen LogP contribution in [0.3, 0.4) is 0 Å². The minimum atomic E-state index is 0.129. The van der Waals surface area contributed by atoms with Gasteiger partial charge in [-0.05, 0) is 48.3 Å². The minimum Gasteiger partial charge on any atom is -0.454 e. The van der Waals surface area contributed by atoms with Crippen molar-refractivity contribution in [3.8, 4) is 11.5 Å². The maximum absolute atomic E-state index is 13.0. The van der Waals surface area contributed by atoms with Crippen LogP contribution in [0.2, 0.25) is 0 Å². The van der Waals surface area contributed by atoms with E-state index >= 15 is 0 Å². The van der Waals surface area contributed by atoms with Crippen LogP contribution in [0.25, 0.3) is 0 Å². The van der Waals surface area contributed by atoms with E-state index in [2.05, 4.69) is 25.7 Å². The number of carbonyl (C=O) groups is 1. The lowest BCUT2D eigenvalue weighted by Crippen LogP contribution is -2.37. The van der Waals surface area contributed by atoms with Gasteiger partial charge in [0.15, 0.2) is 11.5 Å². The van der Waals surface area contributed by atoms with E-state index in [9.17, 15) is 4.79 Å². The summed E-state index contributed by atoms with van der Waals surface area (Å²) in [5.74, 6) is 1.54. The Bertz CT molecular complexity index is 639. The molecule has 2 aliphatic heterocycles. The van der Waals surface area contributed by atoms with Gasteiger partial charge in [0, 0.05) is 18.2 Å². The van der Waals surface area contributed by atoms with Gasteiger partial charge in [-0.2, -0.15) is 0 Å². The van der Waals surface area contributed by atoms with E-state index in [1.807, 2.05) is 18.2 Å². The van der Waals surface area contributed by atoms with Gasteiger partial charge in [0.05, 0.1) is 0 Å². The number of fused-ring (bicyclic) bond motifs is 3. The van der Waals surface area contributed by atoms with Gasteiger partial charge in [0.1, 0.15) is 0 Å². The molecule has 0 radical (unpaired) electrons. The SMILES string of the molecule is CC1(C)CC2CC(C)(CN2C(=O)c2ccc3c(c2)OCO3)C1. The summed E-state index contributed by atoms with van der Waals surface area (Å²) in [4.78, 5) is 15.1. The Balaban J connectivity index is 1.61. The minimum absolute atomic E-state index is 0.129. The molecule has 2 heterocycles. The Labute approximate surface area is 131 Å². The van der Waals surface area contributed by atoms with Crippen molar-refractivity contribution in [3.63, 3.8) is 0 Å². The predicted molar refractivity (Wildman–Crippen MR) is 83.1 cm³/mol. The molecule has 0 aromatic heterocycles. The molecule has 2 atom stereocenters. The number of likely N-dealkylation sites (tertiary alicyclic amines) is 1. The Morgan fingerprint density at radius 3 is 2.77 bits per heavy atom. The lowest BCUT2D eigenvalue weighted by molar-refractivity contribution is 0.0708. The maximum Gasteiger partial charge on any atom is 0.254 e. The van der Waals surface area contributed by atoms with Crippen molar-refractivity contribution in [3.05, 3.63) is 23.8 Å². The van der Waals surface area contributed by atoms with Crippen molar-refractivity contribution in [1.29, 1.82) is 0 Å². The van der Waals surface area contributed by atoms with Crippen LogP contribution in [0.4, 0.5) is 0 Å². The molecule has 3 aliphatic rings. The number of amides is 1. The number of rotatable bonds is 1. The summed E-state index contributed by atoms with van der Waals surface area (Å²) in [5, 5.41) is 0. The molecule has 1 aromatic carbocycles. The second-order valence-electron chi connectivity index (χ2n) is 8.21. The highest BCUT2D eigenvalue weighted by molar-refractivity contribution is 5.95. The van der Waals surface area contributed by atoms with Crippen LogP contribution >= 0.6 is 0 Å². The molecule has 2 bridgehead atoms. The Morgan fingerprint density at radius 1 is 1.18 bits per heavy atom. The number of carbonyl (C=O) groups excluding carboxylic acids is 1. The molecule has 4 nitrogen and oxygen atoms in total. The van der Waals surface area contributed by atoms with E-state index in [0.717, 1.165) is 25.1 Å². The topological polar surface area (TPSA) is 38.8 Å². The van der Waals surface area contributed by atoms with Crippen LogP contribution in [0.1, 0.15) is 50.4 Å². The first-order valence-electron chi connectivity index (χ1n) is 8.06. The molecule has 22 heavy (non-hydrogen) atoms. The Hall–Kier alpha value is -1.71. The van der Waals surface area contributed by atoms with Gasteiger partial charge in [-0.15, -0.1) is 0 Å². The third-order valence-corrected chi connectivity index (χ3v) is 5.30. The molecule has 2 fully saturated rings. The van der Waals surface area contributed by atoms with E-state index in [-0.39, 0.29) is 18.1 Å². The highest BCUT2D eigenvalue weighted by atomic mass is 16.7. The second kappa shape index (κ2) is 4.40. The molecule has 2 unspecified atom stereocenters. The fourth-order valence-electron chi connectivity index (χ4n) is 4.89. The molecule has 0 N–H and O–H groups in total. The molecule has 1 aliphatic carbocycles. The van der Waals surface area contributed by atoms with E-state index in [1.165, 1.54) is 6.42 Å². The van der Waals surface area contributed by atoms with Gasteiger partial charge < -0.3 is 14.4 Å². The molecule has 4 heteroatoms. The van der Waals surface area contributed by atoms with E-state index in [1.54, 1.807) is 0 Å². The standard InChI is InChI=1S/C18H23NO3/c1-17(2)7-13-8-18(3,9-17)10-19(13)16(20)12-4-5-14-15(6-12)22-11-21-14/h4-6,13H,7-11H2,1-3H3. The summed E-state index contributed by atoms with van der Waals surface area (Å²) < 4.78 is 10.7. The Kier molecular flexibility index (Phi) is 2.78. The average Bonchev–Trinajstić information content (AvgIpc) is 2.97. The summed E-state index contributed by atoms with van der Waals surface area (Å²) in [6, 6.07) is 5.88. The van der Waals surface area contributed by atoms with Crippen molar-refractivity contribution in [2.24, 2.45) is 10.8 Å². The molecule has 1 saturated heterocycles. The zero-order valence-corrected chi connectivity index (χ0v) is 13.5. The van der Waals surface area contributed by atoms with Crippen LogP contribution in [0, 0.1) is 10.8 Å². The monoisotopic (exact) mass is 301 g/mol. The average molecular weight is 301 g/mol. The summed E-state index contributed by atoms with van der Waals surface area (Å²) in [6.07, 6.45) is 3.42. The van der Waals surface area contributed by atoms with Gasteiger partial charge in [-0.3, -0.25) is 4.79 Å². The van der Waals surface area contributed by atoms with Crippen LogP contribution in [-0.2, 0) is 0 Å². The highest BCUT2D eigenvalue weighted by Crippen LogP contribution is 2.52. The lowest BCUT2D eigenvalue weighted by atomic mass is 9.65. The molecule has 1 amide bonds. The summed E-state index contributed by atoms with van der Waals surface area (Å²) in [6.45, 7) is 8.09. The molecule has 4 rings (SSSR count). The molecule has 1 saturated carbocycles. The predicted octanol–water partition coefficient (Wildman–Crippen LogP) is 3.46. The first kappa shape index (κ1) is 13.9. The van der Waals surface area contributed by atoms with E-state index in [0.29, 0.717) is 22.8 Å². The van der Waals surface area contributed by atoms with Gasteiger partial charge >= 0.3 is 0 Å². The van der Waals surface area contributed by atoms with Crippen LogP contribution in [0.15, 0.2) is 18.2 Å². The third kappa shape index (κ3) is 2.16. The molecule has 0 spiro atoms. The van der Waals surface area contributed by atoms with Crippen molar-refractivity contribution < 1.29 is 14.3 Å². The van der Waals surface area contributed by atoms with Gasteiger partial charge in [0.2, 0.25) is 6.79 Å². The number of ether oxygens (including phenoxy) is 2. The normalized spacial score (nSPS) is 31.4. The molecule has 1 aromatic rings. The van der Waals surface area contributed by atoms with Crippen LogP contribution < -0.4 is 9.47 Å². The van der Waals surface area contributed by atoms with Crippen molar-refractivity contribution >= 4 is 5.91 Å². The number of nitrogens with zero attached hydrogens (tertiary/aromatic N) is 1. The maximum atomic E-state index is 13.0. The van der Waals surface area contributed by atoms with Gasteiger partial charge in [-0.1, -0.05) is 20.8 Å². The van der Waals surface area contributed by atoms with Gasteiger partial charge in [-0.25, -0.2) is 0 Å². The number of benzene rings is 1. The second-order valence-corrected chi connectivity index (χ2v) is 8.21. The quantitative estimate of drug-likeness (QED) is 0.797. The summed E-state index contributed by atoms with van der Waals surface area (Å²) >= 11 is 0. The third-order valence-electron chi connectivity index (χ3n) is 5.30. The zero-order valence-electron chi connectivity index (χ0n) is 13.5. The van der Waals surface area contributed by atoms with Gasteiger partial charge in [0.25, 0.3) is 5.91 Å². The first-order valence-corrected chi connectivity index (χ1v) is 8.06. The smallest absolute Gasteiger partial charge is 0.254 e. The zero-order chi connectivity index (χ0) is 15.5. The van der Waals surface area contributed by atoms with Crippen LogP contribution in [0.5, 0.6) is 11.5 Å². The van der Waals surface area contributed by atoms with Crippen LogP contribution in [-0.4, -0.2) is 30.2 Å². The highest BCUT2D eigenvalue weighted by Gasteiger charge is 2.51. The molecule has 118 valence electrons. The fraction of sp³-hybridized carbons (Fsp3) is 0.611. The summed E-state index contributed by atoms with van der Waals surface area (Å²) in [7, 11) is 0. The largest absolute Gasteiger partial charge is 0.454 e. The van der Waals surface area contributed by atoms with Crippen molar-refractivity contribution in [2.45, 2.75) is 46.1 Å². The van der Waals surface area contributed by atoms with E-state index in [4.69, 9.17) is 9.47 Å². The molecular weight excluding hydrogens is 278 g/mol. The van der Waals surface area contributed by atoms with Crippen molar-refractivity contribution in [2.75, 3.05) is 13.3 Å². The summed E-state index contributed by atoms with van der Waals surface area (Å²) in [5.41, 5.74) is 1.29. The van der Waals surface area contributed by atoms with E-state index < -0.39 is 0 Å². The fourth-order valence-corrected chi connectivity index (χ4v) is 4.89. The first-order chi connectivity index (χ1) is 10.4. The number of hydrogen-bond acceptors (Lipinski definition) is 3. The lowest BCUT2D eigenvalue weighted by Gasteiger charge is -2.39. The molecular formula is C18H23NO3. The Morgan fingerprint density at radius 2 is 1.95 bits per heavy atom. The number of hydrogen-bond donors (Lipinski definition) is 0.